The van der Waals surface area contributed by atoms with Crippen molar-refractivity contribution in [2.75, 3.05) is 0 Å². The van der Waals surface area contributed by atoms with E-state index in [4.69, 9.17) is 4.74 Å². The summed E-state index contributed by atoms with van der Waals surface area (Å²) in [5.74, 6) is 1.71. The van der Waals surface area contributed by atoms with Crippen LogP contribution in [-0.4, -0.2) is 34.5 Å². The van der Waals surface area contributed by atoms with Crippen molar-refractivity contribution in [3.63, 3.8) is 0 Å². The zero-order valence-corrected chi connectivity index (χ0v) is 45.8. The summed E-state index contributed by atoms with van der Waals surface area (Å²) in [5.41, 5.74) is 1.44. The maximum Gasteiger partial charge on any atom is 0.180 e. The molecule has 5 aromatic rings. The maximum absolute atomic E-state index is 11.5. The second kappa shape index (κ2) is 47.8. The highest BCUT2D eigenvalue weighted by Gasteiger charge is 2.17. The molecule has 0 aliphatic heterocycles. The number of hydrogen-bond acceptors (Lipinski definition) is 5. The lowest BCUT2D eigenvalue weighted by Gasteiger charge is -2.07. The topological polar surface area (TPSA) is 60.4 Å². The summed E-state index contributed by atoms with van der Waals surface area (Å²) in [7, 11) is -3.91. The summed E-state index contributed by atoms with van der Waals surface area (Å²) in [6.07, 6.45) is 1.46. The molecule has 4 nitrogen and oxygen atoms in total. The Bertz CT molecular complexity index is 1620. The number of sulfone groups is 1. The summed E-state index contributed by atoms with van der Waals surface area (Å²) < 4.78 is 39.9. The standard InChI is InChI=1S/C10H14.C9H12O2S.C9H12OS.C9H12O.C9H12S.5C2H6/c1-9(2)8-10-6-4-3-5-7-10;1-8(2)12(10,11)9-6-4-3-5-7-9;1-8(2)11(10)9-6-4-3-5-7-9;2*1-8(2)10-9-6-4-3-5-7-9;5*1-2/h3-7,9H,8H2,1-2H3;3-8H,1-2H3;3-8H,1-2H3;2*3-8H,1-2H3;5*1-2H3. The normalized spacial score (nSPS) is 9.92. The van der Waals surface area contributed by atoms with Crippen LogP contribution in [0.3, 0.4) is 0 Å². The van der Waals surface area contributed by atoms with Crippen molar-refractivity contribution in [3.8, 4) is 5.75 Å². The quantitative estimate of drug-likeness (QED) is 0.131. The van der Waals surface area contributed by atoms with Crippen molar-refractivity contribution < 1.29 is 17.4 Å². The zero-order chi connectivity index (χ0) is 49.6. The molecule has 0 radical (unpaired) electrons. The summed E-state index contributed by atoms with van der Waals surface area (Å²) >= 11 is 1.90. The minimum atomic E-state index is -3.08. The molecule has 0 saturated carbocycles. The fourth-order valence-corrected chi connectivity index (χ4v) is 7.25. The molecular formula is C56H92O4S3. The van der Waals surface area contributed by atoms with Crippen LogP contribution >= 0.6 is 11.8 Å². The maximum atomic E-state index is 11.5. The molecule has 5 aromatic carbocycles. The average Bonchev–Trinajstić information content (AvgIpc) is 3.31. The molecule has 0 spiro atoms. The van der Waals surface area contributed by atoms with Gasteiger partial charge in [0.1, 0.15) is 5.75 Å². The van der Waals surface area contributed by atoms with Gasteiger partial charge in [-0.05, 0) is 94.1 Å². The summed E-state index contributed by atoms with van der Waals surface area (Å²) in [6, 6.07) is 49.0. The second-order valence-electron chi connectivity index (χ2n) is 13.6. The van der Waals surface area contributed by atoms with E-state index in [0.717, 1.165) is 16.6 Å². The fourth-order valence-electron chi connectivity index (χ4n) is 4.34. The van der Waals surface area contributed by atoms with Gasteiger partial charge in [0.05, 0.1) is 27.0 Å². The molecule has 0 amide bonds. The Balaban J connectivity index is -0.000000212. The van der Waals surface area contributed by atoms with Crippen LogP contribution in [0, 0.1) is 5.92 Å². The van der Waals surface area contributed by atoms with Crippen LogP contribution < -0.4 is 4.74 Å². The number of hydrogen-bond donors (Lipinski definition) is 0. The van der Waals surface area contributed by atoms with Gasteiger partial charge in [-0.25, -0.2) is 8.42 Å². The van der Waals surface area contributed by atoms with Crippen molar-refractivity contribution >= 4 is 32.4 Å². The predicted molar refractivity (Wildman–Crippen MR) is 288 cm³/mol. The highest BCUT2D eigenvalue weighted by atomic mass is 32.2. The first kappa shape index (κ1) is 68.4. The zero-order valence-electron chi connectivity index (χ0n) is 43.4. The van der Waals surface area contributed by atoms with Crippen LogP contribution in [0.4, 0.5) is 0 Å². The molecule has 1 unspecified atom stereocenters. The Kier molecular flexibility index (Phi) is 51.9. The van der Waals surface area contributed by atoms with Crippen LogP contribution in [0.5, 0.6) is 5.75 Å². The first-order valence-corrected chi connectivity index (χ1v) is 27.0. The van der Waals surface area contributed by atoms with Crippen molar-refractivity contribution in [1.29, 1.82) is 0 Å². The Labute approximate surface area is 397 Å². The van der Waals surface area contributed by atoms with Crippen molar-refractivity contribution in [2.24, 2.45) is 5.92 Å². The van der Waals surface area contributed by atoms with E-state index in [1.165, 1.54) is 16.9 Å². The summed E-state index contributed by atoms with van der Waals surface area (Å²) in [4.78, 5) is 2.68. The first-order valence-electron chi connectivity index (χ1n) is 23.3. The molecule has 0 N–H and O–H groups in total. The molecule has 0 aliphatic carbocycles. The lowest BCUT2D eigenvalue weighted by molar-refractivity contribution is 0.242. The molecule has 63 heavy (non-hydrogen) atoms. The number of benzene rings is 5. The minimum absolute atomic E-state index is 0.206. The van der Waals surface area contributed by atoms with Gasteiger partial charge < -0.3 is 4.74 Å². The van der Waals surface area contributed by atoms with Crippen molar-refractivity contribution in [2.45, 2.75) is 181 Å². The van der Waals surface area contributed by atoms with Crippen LogP contribution in [0.25, 0.3) is 0 Å². The van der Waals surface area contributed by atoms with Crippen LogP contribution in [-0.2, 0) is 27.1 Å². The van der Waals surface area contributed by atoms with E-state index in [2.05, 4.69) is 82.3 Å². The van der Waals surface area contributed by atoms with E-state index >= 15 is 0 Å². The van der Waals surface area contributed by atoms with E-state index in [-0.39, 0.29) is 16.6 Å². The van der Waals surface area contributed by atoms with Crippen molar-refractivity contribution in [3.05, 3.63) is 157 Å². The predicted octanol–water partition coefficient (Wildman–Crippen LogP) is 17.7. The molecule has 1 atom stereocenters. The third-order valence-corrected chi connectivity index (χ3v) is 11.6. The minimum Gasteiger partial charge on any atom is -0.491 e. The smallest absolute Gasteiger partial charge is 0.180 e. The fraction of sp³-hybridized carbons (Fsp3) is 0.464. The van der Waals surface area contributed by atoms with Gasteiger partial charge in [-0.15, -0.1) is 11.8 Å². The number of ether oxygens (including phenoxy) is 1. The molecule has 358 valence electrons. The van der Waals surface area contributed by atoms with Crippen LogP contribution in [0.2, 0.25) is 0 Å². The Morgan fingerprint density at radius 2 is 0.841 bits per heavy atom. The monoisotopic (exact) mass is 925 g/mol. The van der Waals surface area contributed by atoms with Crippen LogP contribution in [0.15, 0.2) is 166 Å². The highest BCUT2D eigenvalue weighted by molar-refractivity contribution is 7.99. The Morgan fingerprint density at radius 3 is 1.17 bits per heavy atom. The van der Waals surface area contributed by atoms with Gasteiger partial charge in [-0.3, -0.25) is 4.21 Å². The molecule has 5 rings (SSSR count). The molecule has 7 heteroatoms. The molecule has 0 bridgehead atoms. The van der Waals surface area contributed by atoms with Crippen LogP contribution in [0.1, 0.15) is 144 Å². The number of para-hydroxylation sites is 1. The Hall–Kier alpha value is -3.65. The molecule has 0 fully saturated rings. The van der Waals surface area contributed by atoms with E-state index in [1.807, 2.05) is 175 Å². The number of thioether (sulfide) groups is 1. The van der Waals surface area contributed by atoms with E-state index in [9.17, 15) is 12.6 Å². The van der Waals surface area contributed by atoms with Gasteiger partial charge in [0.2, 0.25) is 0 Å². The highest BCUT2D eigenvalue weighted by Crippen LogP contribution is 2.21. The number of rotatable bonds is 10. The largest absolute Gasteiger partial charge is 0.491 e. The summed E-state index contributed by atoms with van der Waals surface area (Å²) in [5, 5.41) is 0.541. The lowest BCUT2D eigenvalue weighted by atomic mass is 10.0. The third kappa shape index (κ3) is 39.7. The SMILES string of the molecule is CC.CC.CC.CC.CC.CC(C)Cc1ccccc1.CC(C)Oc1ccccc1.CC(C)S(=O)(=O)c1ccccc1.CC(C)S(=O)c1ccccc1.CC(C)Sc1ccccc1. The first-order chi connectivity index (χ1) is 30.1. The summed E-state index contributed by atoms with van der Waals surface area (Å²) in [6.45, 7) is 40.2. The molecule has 0 saturated heterocycles. The molecule has 0 heterocycles. The lowest BCUT2D eigenvalue weighted by Crippen LogP contribution is -2.13. The van der Waals surface area contributed by atoms with Gasteiger partial charge in [0.15, 0.2) is 9.84 Å². The van der Waals surface area contributed by atoms with Gasteiger partial charge >= 0.3 is 0 Å². The van der Waals surface area contributed by atoms with E-state index < -0.39 is 20.6 Å². The van der Waals surface area contributed by atoms with Gasteiger partial charge in [0, 0.05) is 20.3 Å². The van der Waals surface area contributed by atoms with E-state index in [1.54, 1.807) is 44.2 Å². The molecule has 0 aromatic heterocycles. The Morgan fingerprint density at radius 1 is 0.492 bits per heavy atom. The van der Waals surface area contributed by atoms with Crippen molar-refractivity contribution in [1.82, 2.24) is 0 Å². The van der Waals surface area contributed by atoms with Gasteiger partial charge in [-0.1, -0.05) is 214 Å². The van der Waals surface area contributed by atoms with Gasteiger partial charge in [0.25, 0.3) is 0 Å². The third-order valence-electron chi connectivity index (χ3n) is 6.81. The molecule has 0 aliphatic rings. The average molecular weight is 926 g/mol. The second-order valence-corrected chi connectivity index (χ2v) is 19.8. The van der Waals surface area contributed by atoms with E-state index in [0.29, 0.717) is 10.1 Å². The molecular weight excluding hydrogens is 833 g/mol. The van der Waals surface area contributed by atoms with Gasteiger partial charge in [-0.2, -0.15) is 0 Å².